The van der Waals surface area contributed by atoms with Crippen molar-refractivity contribution in [2.75, 3.05) is 11.1 Å². The second-order valence-corrected chi connectivity index (χ2v) is 6.24. The first kappa shape index (κ1) is 17.8. The molecule has 9 nitrogen and oxygen atoms in total. The van der Waals surface area contributed by atoms with Crippen molar-refractivity contribution < 1.29 is 14.1 Å². The van der Waals surface area contributed by atoms with E-state index in [9.17, 15) is 19.3 Å². The van der Waals surface area contributed by atoms with Gasteiger partial charge in [-0.3, -0.25) is 14.9 Å². The van der Waals surface area contributed by atoms with Gasteiger partial charge >= 0.3 is 5.69 Å². The van der Waals surface area contributed by atoms with Crippen LogP contribution in [0, 0.1) is 21.8 Å². The van der Waals surface area contributed by atoms with Gasteiger partial charge < -0.3 is 5.32 Å². The van der Waals surface area contributed by atoms with Gasteiger partial charge in [0.2, 0.25) is 16.9 Å². The van der Waals surface area contributed by atoms with Gasteiger partial charge in [0.1, 0.15) is 0 Å². The molecule has 1 heterocycles. The lowest BCUT2D eigenvalue weighted by Crippen LogP contribution is -2.15. The van der Waals surface area contributed by atoms with E-state index in [-0.39, 0.29) is 11.4 Å². The molecule has 2 rings (SSSR count). The summed E-state index contributed by atoms with van der Waals surface area (Å²) in [6, 6.07) is 3.17. The topological polar surface area (TPSA) is 116 Å². The third kappa shape index (κ3) is 4.72. The van der Waals surface area contributed by atoms with E-state index >= 15 is 0 Å². The lowest BCUT2D eigenvalue weighted by molar-refractivity contribution is -0.387. The fraction of sp³-hybridized carbons (Fsp3) is 0.385. The van der Waals surface area contributed by atoms with Gasteiger partial charge in [0.15, 0.2) is 0 Å². The normalized spacial score (nSPS) is 10.8. The molecule has 0 unspecified atom stereocenters. The molecule has 1 aromatic carbocycles. The summed E-state index contributed by atoms with van der Waals surface area (Å²) in [5.74, 6) is -0.995. The standard InChI is InChI=1S/C13H15FN6O3S/c1-8(2)6-19-13(16-17-18-19)24-7-12(21)15-9-3-4-10(14)11(5-9)20(22)23/h3-5,8H,6-7H2,1-2H3,(H,15,21). The van der Waals surface area contributed by atoms with Crippen LogP contribution in [0.15, 0.2) is 23.4 Å². The number of rotatable bonds is 7. The van der Waals surface area contributed by atoms with Crippen molar-refractivity contribution >= 4 is 29.0 Å². The molecule has 0 bridgehead atoms. The van der Waals surface area contributed by atoms with Crippen molar-refractivity contribution in [2.24, 2.45) is 5.92 Å². The maximum absolute atomic E-state index is 13.3. The number of carbonyl (C=O) groups is 1. The Morgan fingerprint density at radius 3 is 2.92 bits per heavy atom. The summed E-state index contributed by atoms with van der Waals surface area (Å²) >= 11 is 1.14. The second-order valence-electron chi connectivity index (χ2n) is 5.30. The van der Waals surface area contributed by atoms with Gasteiger partial charge in [0.05, 0.1) is 10.7 Å². The van der Waals surface area contributed by atoms with Gasteiger partial charge in [-0.15, -0.1) is 5.10 Å². The van der Waals surface area contributed by atoms with Gasteiger partial charge in [0.25, 0.3) is 0 Å². The number of nitro benzene ring substituents is 1. The Bertz CT molecular complexity index is 751. The highest BCUT2D eigenvalue weighted by molar-refractivity contribution is 7.99. The average molecular weight is 354 g/mol. The molecule has 0 fully saturated rings. The number of hydrogen-bond acceptors (Lipinski definition) is 7. The predicted octanol–water partition coefficient (Wildman–Crippen LogP) is 2.11. The molecule has 2 aromatic rings. The van der Waals surface area contributed by atoms with Crippen LogP contribution in [0.5, 0.6) is 0 Å². The van der Waals surface area contributed by atoms with Crippen LogP contribution in [0.25, 0.3) is 0 Å². The lowest BCUT2D eigenvalue weighted by atomic mass is 10.2. The molecular formula is C13H15FN6O3S. The molecule has 11 heteroatoms. The monoisotopic (exact) mass is 354 g/mol. The Hall–Kier alpha value is -2.56. The molecule has 0 aliphatic rings. The zero-order valence-electron chi connectivity index (χ0n) is 13.0. The number of aromatic nitrogens is 4. The Morgan fingerprint density at radius 1 is 1.50 bits per heavy atom. The van der Waals surface area contributed by atoms with E-state index in [1.807, 2.05) is 13.8 Å². The zero-order chi connectivity index (χ0) is 17.7. The van der Waals surface area contributed by atoms with E-state index in [1.54, 1.807) is 4.68 Å². The Kier molecular flexibility index (Phi) is 5.79. The Morgan fingerprint density at radius 2 is 2.25 bits per heavy atom. The Balaban J connectivity index is 1.96. The zero-order valence-corrected chi connectivity index (χ0v) is 13.8. The third-order valence-electron chi connectivity index (χ3n) is 2.80. The number of amides is 1. The molecule has 0 aliphatic carbocycles. The number of nitrogens with zero attached hydrogens (tertiary/aromatic N) is 5. The van der Waals surface area contributed by atoms with Gasteiger partial charge in [0, 0.05) is 18.3 Å². The molecule has 0 atom stereocenters. The number of halogens is 1. The third-order valence-corrected chi connectivity index (χ3v) is 3.75. The Labute approximate surface area is 140 Å². The summed E-state index contributed by atoms with van der Waals surface area (Å²) in [5.41, 5.74) is -0.545. The smallest absolute Gasteiger partial charge is 0.306 e. The maximum atomic E-state index is 13.3. The second kappa shape index (κ2) is 7.81. The predicted molar refractivity (Wildman–Crippen MR) is 85.1 cm³/mol. The number of carbonyl (C=O) groups excluding carboxylic acids is 1. The number of anilines is 1. The summed E-state index contributed by atoms with van der Waals surface area (Å²) in [5, 5.41) is 24.9. The fourth-order valence-corrected chi connectivity index (χ4v) is 2.50. The van der Waals surface area contributed by atoms with E-state index in [2.05, 4.69) is 20.8 Å². The van der Waals surface area contributed by atoms with Crippen LogP contribution in [0.2, 0.25) is 0 Å². The van der Waals surface area contributed by atoms with E-state index in [0.29, 0.717) is 17.6 Å². The minimum absolute atomic E-state index is 0.0175. The van der Waals surface area contributed by atoms with Crippen molar-refractivity contribution in [3.63, 3.8) is 0 Å². The summed E-state index contributed by atoms with van der Waals surface area (Å²) in [6.07, 6.45) is 0. The van der Waals surface area contributed by atoms with Gasteiger partial charge in [-0.1, -0.05) is 25.6 Å². The van der Waals surface area contributed by atoms with E-state index in [0.717, 1.165) is 23.9 Å². The highest BCUT2D eigenvalue weighted by Crippen LogP contribution is 2.22. The van der Waals surface area contributed by atoms with E-state index < -0.39 is 22.3 Å². The molecule has 0 saturated carbocycles. The van der Waals surface area contributed by atoms with Crippen molar-refractivity contribution in [1.29, 1.82) is 0 Å². The highest BCUT2D eigenvalue weighted by atomic mass is 32.2. The molecule has 1 aromatic heterocycles. The van der Waals surface area contributed by atoms with Gasteiger partial charge in [-0.25, -0.2) is 4.68 Å². The minimum Gasteiger partial charge on any atom is -0.325 e. The van der Waals surface area contributed by atoms with Crippen LogP contribution in [0.1, 0.15) is 13.8 Å². The first-order valence-electron chi connectivity index (χ1n) is 6.99. The summed E-state index contributed by atoms with van der Waals surface area (Å²) in [4.78, 5) is 21.8. The largest absolute Gasteiger partial charge is 0.325 e. The van der Waals surface area contributed by atoms with Crippen molar-refractivity contribution in [1.82, 2.24) is 20.2 Å². The van der Waals surface area contributed by atoms with Gasteiger partial charge in [-0.2, -0.15) is 4.39 Å². The fourth-order valence-electron chi connectivity index (χ4n) is 1.82. The van der Waals surface area contributed by atoms with E-state index in [1.165, 1.54) is 6.07 Å². The van der Waals surface area contributed by atoms with Gasteiger partial charge in [-0.05, 0) is 28.5 Å². The van der Waals surface area contributed by atoms with Crippen LogP contribution in [0.4, 0.5) is 15.8 Å². The SMILES string of the molecule is CC(C)Cn1nnnc1SCC(=O)Nc1ccc(F)c([N+](=O)[O-])c1. The van der Waals surface area contributed by atoms with Crippen LogP contribution < -0.4 is 5.32 Å². The van der Waals surface area contributed by atoms with Crippen molar-refractivity contribution in [3.05, 3.63) is 34.1 Å². The molecule has 0 aliphatic heterocycles. The van der Waals surface area contributed by atoms with E-state index in [4.69, 9.17) is 0 Å². The molecule has 24 heavy (non-hydrogen) atoms. The highest BCUT2D eigenvalue weighted by Gasteiger charge is 2.16. The summed E-state index contributed by atoms with van der Waals surface area (Å²) in [7, 11) is 0. The molecule has 0 radical (unpaired) electrons. The number of thioether (sulfide) groups is 1. The number of tetrazole rings is 1. The number of nitro groups is 1. The van der Waals surface area contributed by atoms with Crippen LogP contribution in [-0.2, 0) is 11.3 Å². The average Bonchev–Trinajstić information content (AvgIpc) is 2.93. The molecular weight excluding hydrogens is 339 g/mol. The van der Waals surface area contributed by atoms with Crippen LogP contribution >= 0.6 is 11.8 Å². The molecule has 128 valence electrons. The number of benzene rings is 1. The summed E-state index contributed by atoms with van der Waals surface area (Å²) < 4.78 is 14.9. The summed E-state index contributed by atoms with van der Waals surface area (Å²) in [6.45, 7) is 4.66. The van der Waals surface area contributed by atoms with Crippen LogP contribution in [-0.4, -0.2) is 36.8 Å². The molecule has 1 N–H and O–H groups in total. The lowest BCUT2D eigenvalue weighted by Gasteiger charge is -2.07. The number of nitrogens with one attached hydrogen (secondary N) is 1. The molecule has 0 spiro atoms. The minimum atomic E-state index is -0.958. The quantitative estimate of drug-likeness (QED) is 0.460. The van der Waals surface area contributed by atoms with Crippen LogP contribution in [0.3, 0.4) is 0 Å². The maximum Gasteiger partial charge on any atom is 0.306 e. The molecule has 0 saturated heterocycles. The first-order chi connectivity index (χ1) is 11.4. The first-order valence-corrected chi connectivity index (χ1v) is 7.98. The number of hydrogen-bond donors (Lipinski definition) is 1. The van der Waals surface area contributed by atoms with Crippen molar-refractivity contribution in [2.45, 2.75) is 25.5 Å². The van der Waals surface area contributed by atoms with Crippen molar-refractivity contribution in [3.8, 4) is 0 Å². The molecule has 1 amide bonds.